The van der Waals surface area contributed by atoms with E-state index in [1.807, 2.05) is 19.1 Å². The van der Waals surface area contributed by atoms with Crippen molar-refractivity contribution in [3.05, 3.63) is 52.3 Å². The van der Waals surface area contributed by atoms with Gasteiger partial charge < -0.3 is 15.7 Å². The first-order valence-corrected chi connectivity index (χ1v) is 9.83. The minimum absolute atomic E-state index is 0.0912. The van der Waals surface area contributed by atoms with Crippen molar-refractivity contribution in [1.82, 2.24) is 20.4 Å². The Kier molecular flexibility index (Phi) is 4.89. The molecule has 4 rings (SSSR count). The Morgan fingerprint density at radius 3 is 2.46 bits per heavy atom. The molecule has 2 amide bonds. The van der Waals surface area contributed by atoms with E-state index in [0.717, 1.165) is 18.4 Å². The van der Waals surface area contributed by atoms with E-state index in [-0.39, 0.29) is 35.7 Å². The molecule has 1 heterocycles. The Morgan fingerprint density at radius 2 is 1.86 bits per heavy atom. The maximum Gasteiger partial charge on any atom is 0.271 e. The summed E-state index contributed by atoms with van der Waals surface area (Å²) in [6.07, 6.45) is 1.22. The van der Waals surface area contributed by atoms with Crippen LogP contribution in [0.5, 0.6) is 0 Å². The summed E-state index contributed by atoms with van der Waals surface area (Å²) < 4.78 is 1.58. The van der Waals surface area contributed by atoms with Gasteiger partial charge in [-0.15, -0.1) is 0 Å². The van der Waals surface area contributed by atoms with Gasteiger partial charge in [0, 0.05) is 24.2 Å². The van der Waals surface area contributed by atoms with Crippen molar-refractivity contribution in [3.63, 3.8) is 0 Å². The molecule has 1 aromatic heterocycles. The topological polar surface area (TPSA) is 96.3 Å². The molecule has 0 spiro atoms. The van der Waals surface area contributed by atoms with E-state index < -0.39 is 0 Å². The molecule has 28 heavy (non-hydrogen) atoms. The lowest BCUT2D eigenvalue weighted by Crippen LogP contribution is -2.32. The van der Waals surface area contributed by atoms with Crippen LogP contribution in [0.2, 0.25) is 5.02 Å². The summed E-state index contributed by atoms with van der Waals surface area (Å²) in [7, 11) is 1.53. The standard InChI is InChI=1S/C20H23ClN4O3/c1-10(11-3-5-12(21)6-4-11)25-17(9-16(24-25)19(27)22-2)20(28)23-18-14-7-13(26)8-15(14)18/h3-6,9-10,13-15,18,26H,7-8H2,1-2H3,(H,22,27)(H,23,28)/t10-,13?,14-,15+,18?/m0/s1. The second kappa shape index (κ2) is 7.22. The van der Waals surface area contributed by atoms with E-state index >= 15 is 0 Å². The van der Waals surface area contributed by atoms with Crippen LogP contribution in [0.1, 0.15) is 52.3 Å². The second-order valence-corrected chi connectivity index (χ2v) is 8.05. The van der Waals surface area contributed by atoms with Gasteiger partial charge in [0.15, 0.2) is 5.69 Å². The SMILES string of the molecule is CNC(=O)c1cc(C(=O)NC2[C@H]3CC(O)C[C@@H]23)n([C@@H](C)c2ccc(Cl)cc2)n1. The molecular formula is C20H23ClN4O3. The van der Waals surface area contributed by atoms with Gasteiger partial charge >= 0.3 is 0 Å². The number of halogens is 1. The van der Waals surface area contributed by atoms with Crippen molar-refractivity contribution in [2.45, 2.75) is 38.0 Å². The van der Waals surface area contributed by atoms with Crippen LogP contribution in [0.4, 0.5) is 0 Å². The smallest absolute Gasteiger partial charge is 0.271 e. The maximum atomic E-state index is 13.0. The van der Waals surface area contributed by atoms with Gasteiger partial charge in [0.05, 0.1) is 12.1 Å². The number of carbonyl (C=O) groups is 2. The van der Waals surface area contributed by atoms with Crippen molar-refractivity contribution in [2.75, 3.05) is 7.05 Å². The van der Waals surface area contributed by atoms with Crippen molar-refractivity contribution in [2.24, 2.45) is 11.8 Å². The van der Waals surface area contributed by atoms with Gasteiger partial charge in [0.1, 0.15) is 5.69 Å². The van der Waals surface area contributed by atoms with E-state index in [0.29, 0.717) is 22.6 Å². The molecule has 2 unspecified atom stereocenters. The second-order valence-electron chi connectivity index (χ2n) is 7.62. The third kappa shape index (κ3) is 3.40. The summed E-state index contributed by atoms with van der Waals surface area (Å²) >= 11 is 5.97. The third-order valence-electron chi connectivity index (χ3n) is 5.87. The molecule has 1 aromatic carbocycles. The van der Waals surface area contributed by atoms with E-state index in [1.165, 1.54) is 13.1 Å². The molecule has 0 aliphatic heterocycles. The van der Waals surface area contributed by atoms with Gasteiger partial charge in [-0.1, -0.05) is 23.7 Å². The lowest BCUT2D eigenvalue weighted by molar-refractivity contribution is 0.0923. The highest BCUT2D eigenvalue weighted by Crippen LogP contribution is 2.52. The quantitative estimate of drug-likeness (QED) is 0.712. The predicted molar refractivity (Wildman–Crippen MR) is 104 cm³/mol. The number of nitrogens with zero attached hydrogens (tertiary/aromatic N) is 2. The van der Waals surface area contributed by atoms with Crippen LogP contribution in [0.3, 0.4) is 0 Å². The zero-order valence-electron chi connectivity index (χ0n) is 15.7. The lowest BCUT2D eigenvalue weighted by Gasteiger charge is -2.17. The molecule has 148 valence electrons. The van der Waals surface area contributed by atoms with Crippen LogP contribution >= 0.6 is 11.6 Å². The summed E-state index contributed by atoms with van der Waals surface area (Å²) in [5.74, 6) is 0.102. The largest absolute Gasteiger partial charge is 0.393 e. The molecule has 2 aromatic rings. The number of rotatable bonds is 5. The number of hydrogen-bond acceptors (Lipinski definition) is 4. The van der Waals surface area contributed by atoms with Crippen molar-refractivity contribution >= 4 is 23.4 Å². The Bertz CT molecular complexity index is 899. The molecule has 5 atom stereocenters. The number of fused-ring (bicyclic) bond motifs is 1. The Morgan fingerprint density at radius 1 is 1.21 bits per heavy atom. The van der Waals surface area contributed by atoms with Crippen molar-refractivity contribution in [1.29, 1.82) is 0 Å². The molecule has 2 aliphatic rings. The molecule has 7 nitrogen and oxygen atoms in total. The normalized spacial score (nSPS) is 26.4. The van der Waals surface area contributed by atoms with Gasteiger partial charge in [-0.05, 0) is 49.3 Å². The minimum Gasteiger partial charge on any atom is -0.393 e. The molecule has 0 bridgehead atoms. The fourth-order valence-electron chi connectivity index (χ4n) is 4.23. The molecule has 8 heteroatoms. The zero-order valence-corrected chi connectivity index (χ0v) is 16.5. The Labute approximate surface area is 168 Å². The summed E-state index contributed by atoms with van der Waals surface area (Å²) in [4.78, 5) is 25.0. The Hall–Kier alpha value is -2.38. The van der Waals surface area contributed by atoms with Gasteiger partial charge in [-0.25, -0.2) is 0 Å². The van der Waals surface area contributed by atoms with Crippen LogP contribution < -0.4 is 10.6 Å². The summed E-state index contributed by atoms with van der Waals surface area (Å²) in [5.41, 5.74) is 1.46. The zero-order chi connectivity index (χ0) is 20.0. The molecule has 0 radical (unpaired) electrons. The molecule has 2 fully saturated rings. The van der Waals surface area contributed by atoms with Gasteiger partial charge in [0.25, 0.3) is 11.8 Å². The fourth-order valence-corrected chi connectivity index (χ4v) is 4.36. The third-order valence-corrected chi connectivity index (χ3v) is 6.12. The first-order chi connectivity index (χ1) is 13.4. The summed E-state index contributed by atoms with van der Waals surface area (Å²) in [6, 6.07) is 8.68. The van der Waals surface area contributed by atoms with Gasteiger partial charge in [0.2, 0.25) is 0 Å². The predicted octanol–water partition coefficient (Wildman–Crippen LogP) is 2.00. The summed E-state index contributed by atoms with van der Waals surface area (Å²) in [6.45, 7) is 1.92. The number of hydrogen-bond donors (Lipinski definition) is 3. The molecule has 2 saturated carbocycles. The van der Waals surface area contributed by atoms with Crippen molar-refractivity contribution < 1.29 is 14.7 Å². The average Bonchev–Trinajstić information content (AvgIpc) is 3.06. The first-order valence-electron chi connectivity index (χ1n) is 9.45. The number of nitrogens with one attached hydrogen (secondary N) is 2. The van der Waals surface area contributed by atoms with Crippen molar-refractivity contribution in [3.8, 4) is 0 Å². The minimum atomic E-state index is -0.345. The highest BCUT2D eigenvalue weighted by Gasteiger charge is 2.56. The number of benzene rings is 1. The van der Waals surface area contributed by atoms with E-state index in [1.54, 1.807) is 16.8 Å². The average molecular weight is 403 g/mol. The summed E-state index contributed by atoms with van der Waals surface area (Å²) in [5, 5.41) is 20.3. The Balaban J connectivity index is 1.60. The fraction of sp³-hybridized carbons (Fsp3) is 0.450. The van der Waals surface area contributed by atoms with Crippen LogP contribution in [0, 0.1) is 11.8 Å². The number of aliphatic hydroxyl groups is 1. The monoisotopic (exact) mass is 402 g/mol. The highest BCUT2D eigenvalue weighted by atomic mass is 35.5. The van der Waals surface area contributed by atoms with Gasteiger partial charge in [-0.3, -0.25) is 14.3 Å². The van der Waals surface area contributed by atoms with Crippen LogP contribution in [-0.2, 0) is 0 Å². The number of aromatic nitrogens is 2. The van der Waals surface area contributed by atoms with Crippen LogP contribution in [-0.4, -0.2) is 45.9 Å². The van der Waals surface area contributed by atoms with Crippen LogP contribution in [0.25, 0.3) is 0 Å². The van der Waals surface area contributed by atoms with Gasteiger partial charge in [-0.2, -0.15) is 5.10 Å². The van der Waals surface area contributed by atoms with E-state index in [2.05, 4.69) is 15.7 Å². The van der Waals surface area contributed by atoms with E-state index in [9.17, 15) is 14.7 Å². The molecule has 2 aliphatic carbocycles. The molecule has 3 N–H and O–H groups in total. The van der Waals surface area contributed by atoms with Crippen LogP contribution in [0.15, 0.2) is 30.3 Å². The van der Waals surface area contributed by atoms with E-state index in [4.69, 9.17) is 11.6 Å². The number of aliphatic hydroxyl groups excluding tert-OH is 1. The maximum absolute atomic E-state index is 13.0. The number of carbonyl (C=O) groups excluding carboxylic acids is 2. The molecule has 0 saturated heterocycles. The number of amides is 2. The highest BCUT2D eigenvalue weighted by molar-refractivity contribution is 6.30. The first kappa shape index (κ1) is 19.0. The lowest BCUT2D eigenvalue weighted by atomic mass is 10.1. The molecular weight excluding hydrogens is 380 g/mol.